The molecule has 1 atom stereocenters. The molecule has 1 unspecified atom stereocenters. The van der Waals surface area contributed by atoms with Crippen molar-refractivity contribution in [3.05, 3.63) is 45.6 Å². The largest absolute Gasteiger partial charge is 0.416 e. The van der Waals surface area contributed by atoms with Crippen LogP contribution in [0.15, 0.2) is 29.1 Å². The molecular weight excluding hydrogens is 546 g/mol. The third kappa shape index (κ3) is 7.94. The summed E-state index contributed by atoms with van der Waals surface area (Å²) in [7, 11) is 0. The van der Waals surface area contributed by atoms with Crippen molar-refractivity contribution in [1.29, 1.82) is 0 Å². The van der Waals surface area contributed by atoms with Gasteiger partial charge in [-0.25, -0.2) is 14.2 Å². The summed E-state index contributed by atoms with van der Waals surface area (Å²) in [6.07, 6.45) is -13.5. The molecule has 2 aromatic heterocycles. The number of aliphatic hydroxyl groups is 1. The maximum Gasteiger partial charge on any atom is 0.416 e. The van der Waals surface area contributed by atoms with Crippen molar-refractivity contribution in [2.45, 2.75) is 63.9 Å². The molecule has 0 spiro atoms. The van der Waals surface area contributed by atoms with E-state index in [4.69, 9.17) is 17.3 Å². The third-order valence-corrected chi connectivity index (χ3v) is 5.33. The van der Waals surface area contributed by atoms with Gasteiger partial charge in [-0.15, -0.1) is 5.10 Å². The average molecular weight is 571 g/mol. The van der Waals surface area contributed by atoms with Gasteiger partial charge in [0.25, 0.3) is 0 Å². The standard InChI is InChI=1S/C21H25ClF6N8O2/c1-19(2,29)11-30-17-31-15(32-35(17)8-7-20(23,24)25)10-36-18(38)34(9-14(37)21(26,27)28)16(33-36)12-3-5-13(22)6-4-12/h3-6,14,37H,7-11,29H2,1-2H3,(H,30,31,32). The molecule has 0 fully saturated rings. The van der Waals surface area contributed by atoms with Crippen molar-refractivity contribution < 1.29 is 31.4 Å². The van der Waals surface area contributed by atoms with Crippen molar-refractivity contribution in [3.63, 3.8) is 0 Å². The topological polar surface area (TPSA) is 129 Å². The molecule has 0 radical (unpaired) electrons. The fourth-order valence-electron chi connectivity index (χ4n) is 3.21. The zero-order valence-electron chi connectivity index (χ0n) is 20.2. The molecule has 0 saturated carbocycles. The van der Waals surface area contributed by atoms with Crippen molar-refractivity contribution in [3.8, 4) is 11.4 Å². The second kappa shape index (κ2) is 10.9. The van der Waals surface area contributed by atoms with Crippen LogP contribution in [0.3, 0.4) is 0 Å². The quantitative estimate of drug-likeness (QED) is 0.320. The highest BCUT2D eigenvalue weighted by Crippen LogP contribution is 2.24. The second-order valence-corrected chi connectivity index (χ2v) is 9.66. The molecule has 3 aromatic rings. The fourth-order valence-corrected chi connectivity index (χ4v) is 3.34. The van der Waals surface area contributed by atoms with Crippen molar-refractivity contribution in [1.82, 2.24) is 29.1 Å². The number of aliphatic hydroxyl groups excluding tert-OH is 1. The lowest BCUT2D eigenvalue weighted by Gasteiger charge is -2.19. The minimum Gasteiger partial charge on any atom is -0.382 e. The summed E-state index contributed by atoms with van der Waals surface area (Å²) in [5.74, 6) is -0.370. The molecule has 2 heterocycles. The maximum atomic E-state index is 13.0. The van der Waals surface area contributed by atoms with Crippen LogP contribution < -0.4 is 16.7 Å². The number of nitrogens with one attached hydrogen (secondary N) is 1. The highest BCUT2D eigenvalue weighted by molar-refractivity contribution is 6.30. The first kappa shape index (κ1) is 29.4. The molecule has 10 nitrogen and oxygen atoms in total. The molecule has 0 bridgehead atoms. The van der Waals surface area contributed by atoms with Gasteiger partial charge in [-0.2, -0.15) is 36.4 Å². The van der Waals surface area contributed by atoms with E-state index in [0.29, 0.717) is 9.59 Å². The molecule has 3 rings (SSSR count). The number of alkyl halides is 6. The Balaban J connectivity index is 1.99. The van der Waals surface area contributed by atoms with Crippen molar-refractivity contribution in [2.75, 3.05) is 11.9 Å². The van der Waals surface area contributed by atoms with Gasteiger partial charge in [0.05, 0.1) is 19.5 Å². The van der Waals surface area contributed by atoms with E-state index in [0.717, 1.165) is 9.36 Å². The molecule has 0 saturated heterocycles. The zero-order valence-corrected chi connectivity index (χ0v) is 20.9. The first-order chi connectivity index (χ1) is 17.4. The number of aryl methyl sites for hydroxylation is 1. The maximum absolute atomic E-state index is 13.0. The van der Waals surface area contributed by atoms with Crippen LogP contribution >= 0.6 is 11.6 Å². The average Bonchev–Trinajstić information content (AvgIpc) is 3.31. The summed E-state index contributed by atoms with van der Waals surface area (Å²) in [5, 5.41) is 20.8. The molecule has 0 aliphatic heterocycles. The molecule has 0 aliphatic rings. The highest BCUT2D eigenvalue weighted by atomic mass is 35.5. The van der Waals surface area contributed by atoms with Crippen molar-refractivity contribution in [2.24, 2.45) is 5.73 Å². The molecule has 1 aromatic carbocycles. The van der Waals surface area contributed by atoms with Gasteiger partial charge in [-0.3, -0.25) is 4.57 Å². The van der Waals surface area contributed by atoms with E-state index in [9.17, 15) is 36.2 Å². The summed E-state index contributed by atoms with van der Waals surface area (Å²) in [6, 6.07) is 5.72. The Kier molecular flexibility index (Phi) is 8.48. The van der Waals surface area contributed by atoms with Crippen LogP contribution in [-0.4, -0.2) is 64.8 Å². The van der Waals surface area contributed by atoms with E-state index >= 15 is 0 Å². The Morgan fingerprint density at radius 1 is 1.08 bits per heavy atom. The molecule has 0 aliphatic carbocycles. The van der Waals surface area contributed by atoms with Gasteiger partial charge in [-0.05, 0) is 38.1 Å². The van der Waals surface area contributed by atoms with Gasteiger partial charge in [0.2, 0.25) is 5.95 Å². The number of halogens is 7. The van der Waals surface area contributed by atoms with Gasteiger partial charge in [-0.1, -0.05) is 11.6 Å². The Hall–Kier alpha value is -3.11. The number of benzene rings is 1. The van der Waals surface area contributed by atoms with Crippen LogP contribution in [0, 0.1) is 0 Å². The molecule has 0 amide bonds. The number of rotatable bonds is 10. The summed E-state index contributed by atoms with van der Waals surface area (Å²) in [4.78, 5) is 17.2. The van der Waals surface area contributed by atoms with E-state index in [1.54, 1.807) is 13.8 Å². The lowest BCUT2D eigenvalue weighted by atomic mass is 10.1. The number of hydrogen-bond donors (Lipinski definition) is 3. The van der Waals surface area contributed by atoms with E-state index in [2.05, 4.69) is 20.5 Å². The summed E-state index contributed by atoms with van der Waals surface area (Å²) in [5.41, 5.74) is 4.37. The Labute approximate surface area is 217 Å². The lowest BCUT2D eigenvalue weighted by Crippen LogP contribution is -2.40. The normalized spacial score (nSPS) is 13.7. The van der Waals surface area contributed by atoms with Crippen LogP contribution in [0.1, 0.15) is 26.1 Å². The van der Waals surface area contributed by atoms with Gasteiger partial charge in [0.1, 0.15) is 6.54 Å². The van der Waals surface area contributed by atoms with E-state index in [1.165, 1.54) is 24.3 Å². The van der Waals surface area contributed by atoms with Crippen LogP contribution in [0.5, 0.6) is 0 Å². The third-order valence-electron chi connectivity index (χ3n) is 5.07. The molecule has 4 N–H and O–H groups in total. The smallest absolute Gasteiger partial charge is 0.382 e. The SMILES string of the molecule is CC(C)(N)CNc1nc(Cn2nc(-c3ccc(Cl)cc3)n(CC(O)C(F)(F)F)c2=O)nn1CCC(F)(F)F. The Bertz CT molecular complexity index is 1260. The first-order valence-corrected chi connectivity index (χ1v) is 11.5. The van der Waals surface area contributed by atoms with Crippen LogP contribution in [0.2, 0.25) is 5.02 Å². The van der Waals surface area contributed by atoms with Gasteiger partial charge in [0.15, 0.2) is 17.8 Å². The zero-order chi connectivity index (χ0) is 28.5. The molecule has 38 heavy (non-hydrogen) atoms. The Morgan fingerprint density at radius 2 is 1.71 bits per heavy atom. The minimum atomic E-state index is -5.01. The molecular formula is C21H25ClF6N8O2. The lowest BCUT2D eigenvalue weighted by molar-refractivity contribution is -0.207. The number of nitrogens with zero attached hydrogens (tertiary/aromatic N) is 6. The summed E-state index contributed by atoms with van der Waals surface area (Å²) in [6.45, 7) is 1.28. The van der Waals surface area contributed by atoms with Crippen molar-refractivity contribution >= 4 is 17.5 Å². The predicted molar refractivity (Wildman–Crippen MR) is 126 cm³/mol. The van der Waals surface area contributed by atoms with Gasteiger partial charge < -0.3 is 16.2 Å². The van der Waals surface area contributed by atoms with E-state index in [-0.39, 0.29) is 29.7 Å². The second-order valence-electron chi connectivity index (χ2n) is 9.22. The number of aromatic nitrogens is 6. The van der Waals surface area contributed by atoms with Gasteiger partial charge in [0, 0.05) is 22.7 Å². The number of nitrogens with two attached hydrogens (primary N) is 1. The minimum absolute atomic E-state index is 0.0410. The molecule has 210 valence electrons. The van der Waals surface area contributed by atoms with E-state index in [1.807, 2.05) is 0 Å². The molecule has 17 heteroatoms. The predicted octanol–water partition coefficient (Wildman–Crippen LogP) is 3.03. The van der Waals surface area contributed by atoms with Crippen LogP contribution in [0.4, 0.5) is 32.3 Å². The number of hydrogen-bond acceptors (Lipinski definition) is 7. The van der Waals surface area contributed by atoms with Gasteiger partial charge >= 0.3 is 18.0 Å². The first-order valence-electron chi connectivity index (χ1n) is 11.1. The van der Waals surface area contributed by atoms with E-state index < -0.39 is 55.7 Å². The summed E-state index contributed by atoms with van der Waals surface area (Å²) < 4.78 is 79.9. The monoisotopic (exact) mass is 570 g/mol. The number of anilines is 1. The Morgan fingerprint density at radius 3 is 2.26 bits per heavy atom. The van der Waals surface area contributed by atoms with Crippen LogP contribution in [-0.2, 0) is 19.6 Å². The van der Waals surface area contributed by atoms with Crippen LogP contribution in [0.25, 0.3) is 11.4 Å². The summed E-state index contributed by atoms with van der Waals surface area (Å²) >= 11 is 5.87. The fraction of sp³-hybridized carbons (Fsp3) is 0.524. The highest BCUT2D eigenvalue weighted by Gasteiger charge is 2.39.